The van der Waals surface area contributed by atoms with Gasteiger partial charge in [-0.25, -0.2) is 8.42 Å². The molecule has 2 aromatic carbocycles. The molecule has 2 aromatic rings. The minimum atomic E-state index is -3.94. The lowest BCUT2D eigenvalue weighted by Crippen LogP contribution is -2.53. The highest BCUT2D eigenvalue weighted by atomic mass is 35.5. The zero-order valence-corrected chi connectivity index (χ0v) is 24.8. The number of hydrogen-bond donors (Lipinski definition) is 1. The maximum atomic E-state index is 13.8. The Kier molecular flexibility index (Phi) is 11.5. The van der Waals surface area contributed by atoms with Crippen LogP contribution in [-0.2, 0) is 26.2 Å². The fourth-order valence-electron chi connectivity index (χ4n) is 3.78. The molecule has 2 rings (SSSR count). The largest absolute Gasteiger partial charge is 0.497 e. The molecule has 9 nitrogen and oxygen atoms in total. The van der Waals surface area contributed by atoms with Crippen molar-refractivity contribution >= 4 is 50.7 Å². The van der Waals surface area contributed by atoms with Crippen molar-refractivity contribution in [2.45, 2.75) is 52.2 Å². The van der Waals surface area contributed by atoms with Gasteiger partial charge < -0.3 is 19.7 Å². The summed E-state index contributed by atoms with van der Waals surface area (Å²) in [7, 11) is -1.08. The van der Waals surface area contributed by atoms with Crippen LogP contribution in [0.4, 0.5) is 5.69 Å². The molecule has 0 spiro atoms. The van der Waals surface area contributed by atoms with Gasteiger partial charge in [0.05, 0.1) is 26.2 Å². The van der Waals surface area contributed by atoms with Crippen molar-refractivity contribution < 1.29 is 27.5 Å². The van der Waals surface area contributed by atoms with E-state index in [1.165, 1.54) is 31.3 Å². The number of carbonyl (C=O) groups is 2. The molecule has 0 fully saturated rings. The number of sulfonamides is 1. The van der Waals surface area contributed by atoms with Crippen molar-refractivity contribution in [2.75, 3.05) is 31.3 Å². The minimum absolute atomic E-state index is 0.0291. The molecular formula is C26H35Cl2N3O6S. The lowest BCUT2D eigenvalue weighted by Gasteiger charge is -2.33. The molecular weight excluding hydrogens is 553 g/mol. The van der Waals surface area contributed by atoms with Gasteiger partial charge in [-0.15, -0.1) is 0 Å². The molecule has 0 radical (unpaired) electrons. The van der Waals surface area contributed by atoms with E-state index in [-0.39, 0.29) is 29.9 Å². The molecule has 0 aliphatic rings. The molecule has 12 heteroatoms. The monoisotopic (exact) mass is 587 g/mol. The molecule has 0 unspecified atom stereocenters. The summed E-state index contributed by atoms with van der Waals surface area (Å²) in [4.78, 5) is 28.4. The molecule has 0 saturated carbocycles. The molecule has 0 heterocycles. The predicted molar refractivity (Wildman–Crippen MR) is 151 cm³/mol. The van der Waals surface area contributed by atoms with E-state index in [1.54, 1.807) is 31.2 Å². The van der Waals surface area contributed by atoms with Gasteiger partial charge in [0.1, 0.15) is 24.1 Å². The first-order chi connectivity index (χ1) is 17.9. The Hall–Kier alpha value is -2.69. The van der Waals surface area contributed by atoms with E-state index >= 15 is 0 Å². The predicted octanol–water partition coefficient (Wildman–Crippen LogP) is 4.50. The zero-order chi connectivity index (χ0) is 28.6. The quantitative estimate of drug-likeness (QED) is 0.370. The average molecular weight is 589 g/mol. The SMILES string of the molecule is CC[C@@H](C)NC(=O)[C@@H](CC)N(Cc1ccc(Cl)cc1Cl)C(=O)CN(c1ccc(OC)cc1OC)S(C)(=O)=O. The Labute approximate surface area is 235 Å². The molecule has 0 bridgehead atoms. The molecule has 0 saturated heterocycles. The summed E-state index contributed by atoms with van der Waals surface area (Å²) in [6.07, 6.45) is 2.00. The first-order valence-electron chi connectivity index (χ1n) is 12.1. The van der Waals surface area contributed by atoms with Crippen LogP contribution in [-0.4, -0.2) is 64.2 Å². The van der Waals surface area contributed by atoms with E-state index in [0.29, 0.717) is 34.2 Å². The van der Waals surface area contributed by atoms with Crippen LogP contribution in [0.25, 0.3) is 0 Å². The lowest BCUT2D eigenvalue weighted by atomic mass is 10.1. The Morgan fingerprint density at radius 3 is 2.24 bits per heavy atom. The fraction of sp³-hybridized carbons (Fsp3) is 0.462. The van der Waals surface area contributed by atoms with Crippen LogP contribution in [0.3, 0.4) is 0 Å². The van der Waals surface area contributed by atoms with Gasteiger partial charge in [0, 0.05) is 28.7 Å². The van der Waals surface area contributed by atoms with Gasteiger partial charge in [0.2, 0.25) is 21.8 Å². The summed E-state index contributed by atoms with van der Waals surface area (Å²) in [6.45, 7) is 4.99. The van der Waals surface area contributed by atoms with E-state index in [1.807, 2.05) is 13.8 Å². The third kappa shape index (κ3) is 8.15. The number of halogens is 2. The molecule has 210 valence electrons. The third-order valence-electron chi connectivity index (χ3n) is 6.08. The molecule has 2 atom stereocenters. The van der Waals surface area contributed by atoms with E-state index in [9.17, 15) is 18.0 Å². The topological polar surface area (TPSA) is 105 Å². The fourth-order valence-corrected chi connectivity index (χ4v) is 5.10. The van der Waals surface area contributed by atoms with Gasteiger partial charge in [0.15, 0.2) is 0 Å². The number of nitrogens with zero attached hydrogens (tertiary/aromatic N) is 2. The minimum Gasteiger partial charge on any atom is -0.497 e. The van der Waals surface area contributed by atoms with Crippen LogP contribution in [0, 0.1) is 0 Å². The van der Waals surface area contributed by atoms with Crippen molar-refractivity contribution in [3.8, 4) is 11.5 Å². The van der Waals surface area contributed by atoms with Crippen LogP contribution in [0.1, 0.15) is 39.2 Å². The molecule has 0 aromatic heterocycles. The number of benzene rings is 2. The van der Waals surface area contributed by atoms with Crippen LogP contribution in [0.15, 0.2) is 36.4 Å². The molecule has 0 aliphatic carbocycles. The van der Waals surface area contributed by atoms with Gasteiger partial charge in [0.25, 0.3) is 0 Å². The number of ether oxygens (including phenoxy) is 2. The Morgan fingerprint density at radius 2 is 1.71 bits per heavy atom. The maximum absolute atomic E-state index is 13.8. The van der Waals surface area contributed by atoms with Crippen molar-refractivity contribution in [3.63, 3.8) is 0 Å². The highest BCUT2D eigenvalue weighted by Crippen LogP contribution is 2.34. The number of hydrogen-bond acceptors (Lipinski definition) is 6. The molecule has 0 aliphatic heterocycles. The van der Waals surface area contributed by atoms with Crippen LogP contribution >= 0.6 is 23.2 Å². The zero-order valence-electron chi connectivity index (χ0n) is 22.5. The highest BCUT2D eigenvalue weighted by Gasteiger charge is 2.33. The molecule has 38 heavy (non-hydrogen) atoms. The summed E-state index contributed by atoms with van der Waals surface area (Å²) in [5.74, 6) is -0.271. The van der Waals surface area contributed by atoms with Crippen molar-refractivity contribution in [2.24, 2.45) is 0 Å². The normalized spacial score (nSPS) is 12.8. The molecule has 1 N–H and O–H groups in total. The van der Waals surface area contributed by atoms with E-state index in [0.717, 1.165) is 10.6 Å². The standard InChI is InChI=1S/C26H35Cl2N3O6S/c1-7-17(3)29-26(33)22(8-2)30(15-18-9-10-19(27)13-21(18)28)25(32)16-31(38(6,34)35)23-12-11-20(36-4)14-24(23)37-5/h9-14,17,22H,7-8,15-16H2,1-6H3,(H,29,33)/t17-,22-/m1/s1. The van der Waals surface area contributed by atoms with Gasteiger partial charge in [-0.05, 0) is 49.6 Å². The second kappa shape index (κ2) is 13.9. The van der Waals surface area contributed by atoms with Crippen molar-refractivity contribution in [1.82, 2.24) is 10.2 Å². The summed E-state index contributed by atoms with van der Waals surface area (Å²) >= 11 is 12.4. The van der Waals surface area contributed by atoms with Crippen LogP contribution < -0.4 is 19.1 Å². The summed E-state index contributed by atoms with van der Waals surface area (Å²) in [5, 5.41) is 3.67. The maximum Gasteiger partial charge on any atom is 0.244 e. The Balaban J connectivity index is 2.54. The van der Waals surface area contributed by atoms with Gasteiger partial charge in [-0.3, -0.25) is 13.9 Å². The number of nitrogens with one attached hydrogen (secondary N) is 1. The van der Waals surface area contributed by atoms with E-state index < -0.39 is 28.5 Å². The first kappa shape index (κ1) is 31.5. The lowest BCUT2D eigenvalue weighted by molar-refractivity contribution is -0.140. The van der Waals surface area contributed by atoms with Crippen molar-refractivity contribution in [3.05, 3.63) is 52.0 Å². The number of amides is 2. The van der Waals surface area contributed by atoms with Gasteiger partial charge >= 0.3 is 0 Å². The number of anilines is 1. The van der Waals surface area contributed by atoms with Gasteiger partial charge in [-0.2, -0.15) is 0 Å². The Morgan fingerprint density at radius 1 is 1.03 bits per heavy atom. The number of rotatable bonds is 13. The number of carbonyl (C=O) groups excluding carboxylic acids is 2. The second-order valence-electron chi connectivity index (χ2n) is 8.81. The van der Waals surface area contributed by atoms with Crippen LogP contribution in [0.2, 0.25) is 10.0 Å². The van der Waals surface area contributed by atoms with E-state index in [2.05, 4.69) is 5.32 Å². The second-order valence-corrected chi connectivity index (χ2v) is 11.6. The number of methoxy groups -OCH3 is 2. The highest BCUT2D eigenvalue weighted by molar-refractivity contribution is 7.92. The van der Waals surface area contributed by atoms with E-state index in [4.69, 9.17) is 32.7 Å². The van der Waals surface area contributed by atoms with Gasteiger partial charge in [-0.1, -0.05) is 43.1 Å². The summed E-state index contributed by atoms with van der Waals surface area (Å²) in [5.41, 5.74) is 0.720. The average Bonchev–Trinajstić information content (AvgIpc) is 2.87. The van der Waals surface area contributed by atoms with Crippen molar-refractivity contribution in [1.29, 1.82) is 0 Å². The summed E-state index contributed by atoms with van der Waals surface area (Å²) in [6, 6.07) is 8.47. The van der Waals surface area contributed by atoms with Crippen LogP contribution in [0.5, 0.6) is 11.5 Å². The molecule has 2 amide bonds. The Bertz CT molecular complexity index is 1240. The smallest absolute Gasteiger partial charge is 0.244 e. The first-order valence-corrected chi connectivity index (χ1v) is 14.7. The summed E-state index contributed by atoms with van der Waals surface area (Å²) < 4.78 is 37.3. The third-order valence-corrected chi connectivity index (χ3v) is 7.79.